The fraction of sp³-hybridized carbons (Fsp3) is 0.667. The number of fused-ring (bicyclic) bond motifs is 1. The summed E-state index contributed by atoms with van der Waals surface area (Å²) in [5.41, 5.74) is 0.301. The highest BCUT2D eigenvalue weighted by atomic mass is 79.9. The van der Waals surface area contributed by atoms with Crippen molar-refractivity contribution in [2.45, 2.75) is 32.9 Å². The molecule has 1 unspecified atom stereocenters. The van der Waals surface area contributed by atoms with E-state index < -0.39 is 0 Å². The first-order valence-electron chi connectivity index (χ1n) is 7.64. The SMILES string of the molecule is CCC[N+](C)(C)C(C)Cn1cnc2c1c(=O)n(C)c(=O)n2C.[Br-]. The number of imidazole rings is 1. The summed E-state index contributed by atoms with van der Waals surface area (Å²) in [7, 11) is 7.53. The van der Waals surface area contributed by atoms with Crippen molar-refractivity contribution in [3.8, 4) is 0 Å². The van der Waals surface area contributed by atoms with Crippen LogP contribution in [0, 0.1) is 0 Å². The number of nitrogens with zero attached hydrogens (tertiary/aromatic N) is 5. The summed E-state index contributed by atoms with van der Waals surface area (Å²) in [5.74, 6) is 0. The first kappa shape index (κ1) is 19.6. The van der Waals surface area contributed by atoms with E-state index >= 15 is 0 Å². The van der Waals surface area contributed by atoms with E-state index in [0.717, 1.165) is 22.0 Å². The maximum absolute atomic E-state index is 12.4. The molecule has 0 bridgehead atoms. The van der Waals surface area contributed by atoms with Gasteiger partial charge in [-0.1, -0.05) is 6.92 Å². The number of quaternary nitrogens is 1. The van der Waals surface area contributed by atoms with Gasteiger partial charge in [0.15, 0.2) is 11.2 Å². The second-order valence-electron chi connectivity index (χ2n) is 6.63. The molecule has 0 N–H and O–H groups in total. The van der Waals surface area contributed by atoms with Gasteiger partial charge < -0.3 is 26.0 Å². The van der Waals surface area contributed by atoms with Gasteiger partial charge in [-0.2, -0.15) is 0 Å². The molecule has 0 aromatic carbocycles. The molecule has 2 aromatic heterocycles. The van der Waals surface area contributed by atoms with Crippen molar-refractivity contribution in [3.05, 3.63) is 27.2 Å². The minimum absolute atomic E-state index is 0. The Hall–Kier alpha value is -1.41. The second kappa shape index (κ2) is 7.00. The predicted octanol–water partition coefficient (Wildman–Crippen LogP) is -2.69. The van der Waals surface area contributed by atoms with Crippen molar-refractivity contribution in [1.82, 2.24) is 18.7 Å². The first-order chi connectivity index (χ1) is 10.2. The van der Waals surface area contributed by atoms with Gasteiger partial charge in [-0.3, -0.25) is 13.9 Å². The van der Waals surface area contributed by atoms with Gasteiger partial charge in [-0.15, -0.1) is 0 Å². The minimum Gasteiger partial charge on any atom is -1.00 e. The molecule has 2 aromatic rings. The molecule has 0 saturated carbocycles. The van der Waals surface area contributed by atoms with Crippen LogP contribution in [0.2, 0.25) is 0 Å². The summed E-state index contributed by atoms with van der Waals surface area (Å²) in [6.07, 6.45) is 2.77. The van der Waals surface area contributed by atoms with Crippen LogP contribution >= 0.6 is 0 Å². The van der Waals surface area contributed by atoms with E-state index in [4.69, 9.17) is 0 Å². The summed E-state index contributed by atoms with van der Waals surface area (Å²) in [6.45, 7) is 6.11. The molecule has 130 valence electrons. The average Bonchev–Trinajstić information content (AvgIpc) is 2.86. The molecule has 0 spiro atoms. The van der Waals surface area contributed by atoms with Crippen molar-refractivity contribution in [3.63, 3.8) is 0 Å². The lowest BCUT2D eigenvalue weighted by molar-refractivity contribution is -0.913. The van der Waals surface area contributed by atoms with Crippen LogP contribution in [0.25, 0.3) is 11.2 Å². The summed E-state index contributed by atoms with van der Waals surface area (Å²) in [6, 6.07) is 0.333. The van der Waals surface area contributed by atoms with Crippen LogP contribution in [0.5, 0.6) is 0 Å². The van der Waals surface area contributed by atoms with Crippen molar-refractivity contribution >= 4 is 11.2 Å². The van der Waals surface area contributed by atoms with Gasteiger partial charge in [0.2, 0.25) is 0 Å². The molecule has 0 fully saturated rings. The molecular weight excluding hydrogens is 362 g/mol. The standard InChI is InChI=1S/C15H26N5O2.BrH/c1-7-8-20(5,6)11(2)9-19-10-16-13-12(19)14(21)18(4)15(22)17(13)3;/h10-11H,7-9H2,1-6H3;1H/q+1;/p-1. The topological polar surface area (TPSA) is 61.8 Å². The number of hydrogen-bond donors (Lipinski definition) is 0. The van der Waals surface area contributed by atoms with Crippen LogP contribution in [-0.4, -0.2) is 49.9 Å². The minimum atomic E-state index is -0.349. The Bertz CT molecular complexity index is 803. The quantitative estimate of drug-likeness (QED) is 0.525. The lowest BCUT2D eigenvalue weighted by Gasteiger charge is -2.36. The zero-order chi connectivity index (χ0) is 16.7. The van der Waals surface area contributed by atoms with Gasteiger partial charge in [0.05, 0.1) is 33.5 Å². The van der Waals surface area contributed by atoms with Crippen molar-refractivity contribution in [2.24, 2.45) is 14.1 Å². The van der Waals surface area contributed by atoms with E-state index in [9.17, 15) is 9.59 Å². The zero-order valence-electron chi connectivity index (χ0n) is 14.7. The van der Waals surface area contributed by atoms with Gasteiger partial charge in [-0.25, -0.2) is 9.78 Å². The van der Waals surface area contributed by atoms with E-state index in [1.165, 1.54) is 11.6 Å². The third kappa shape index (κ3) is 3.42. The number of aromatic nitrogens is 4. The molecule has 0 amide bonds. The average molecular weight is 388 g/mol. The molecule has 0 aliphatic carbocycles. The van der Waals surface area contributed by atoms with Crippen LogP contribution < -0.4 is 28.2 Å². The molecule has 0 aliphatic rings. The van der Waals surface area contributed by atoms with Crippen LogP contribution in [0.4, 0.5) is 0 Å². The fourth-order valence-corrected chi connectivity index (χ4v) is 2.84. The van der Waals surface area contributed by atoms with E-state index in [1.54, 1.807) is 13.4 Å². The molecule has 23 heavy (non-hydrogen) atoms. The summed E-state index contributed by atoms with van der Waals surface area (Å²) in [5, 5.41) is 0. The lowest BCUT2D eigenvalue weighted by Crippen LogP contribution is -3.00. The highest BCUT2D eigenvalue weighted by molar-refractivity contribution is 5.69. The smallest absolute Gasteiger partial charge is 0.332 e. The number of rotatable bonds is 5. The van der Waals surface area contributed by atoms with Crippen molar-refractivity contribution in [1.29, 1.82) is 0 Å². The molecule has 7 nitrogen and oxygen atoms in total. The number of hydrogen-bond acceptors (Lipinski definition) is 3. The van der Waals surface area contributed by atoms with Crippen LogP contribution in [0.15, 0.2) is 15.9 Å². The van der Waals surface area contributed by atoms with E-state index in [0.29, 0.717) is 23.8 Å². The second-order valence-corrected chi connectivity index (χ2v) is 6.63. The van der Waals surface area contributed by atoms with Gasteiger partial charge in [0, 0.05) is 14.1 Å². The summed E-state index contributed by atoms with van der Waals surface area (Å²) >= 11 is 0. The Kier molecular flexibility index (Phi) is 5.98. The molecule has 2 rings (SSSR count). The van der Waals surface area contributed by atoms with E-state index in [1.807, 2.05) is 4.57 Å². The third-order valence-corrected chi connectivity index (χ3v) is 4.67. The van der Waals surface area contributed by atoms with Crippen LogP contribution in [-0.2, 0) is 20.6 Å². The van der Waals surface area contributed by atoms with Crippen molar-refractivity contribution < 1.29 is 21.5 Å². The molecule has 1 atom stereocenters. The zero-order valence-corrected chi connectivity index (χ0v) is 16.3. The normalized spacial score (nSPS) is 13.1. The maximum Gasteiger partial charge on any atom is 0.332 e. The van der Waals surface area contributed by atoms with Crippen LogP contribution in [0.3, 0.4) is 0 Å². The summed E-state index contributed by atoms with van der Waals surface area (Å²) < 4.78 is 5.31. The first-order valence-corrected chi connectivity index (χ1v) is 7.64. The molecule has 8 heteroatoms. The largest absolute Gasteiger partial charge is 1.00 e. The van der Waals surface area contributed by atoms with Gasteiger partial charge in [-0.05, 0) is 13.3 Å². The highest BCUT2D eigenvalue weighted by Gasteiger charge is 2.25. The molecule has 0 saturated heterocycles. The highest BCUT2D eigenvalue weighted by Crippen LogP contribution is 2.13. The Balaban J connectivity index is 0.00000264. The Morgan fingerprint density at radius 1 is 1.22 bits per heavy atom. The predicted molar refractivity (Wildman–Crippen MR) is 86.9 cm³/mol. The number of aryl methyl sites for hydroxylation is 1. The van der Waals surface area contributed by atoms with Gasteiger partial charge in [0.25, 0.3) is 5.56 Å². The van der Waals surface area contributed by atoms with E-state index in [-0.39, 0.29) is 28.2 Å². The van der Waals surface area contributed by atoms with Gasteiger partial charge in [0.1, 0.15) is 6.04 Å². The molecular formula is C15H26BrN5O2. The van der Waals surface area contributed by atoms with Gasteiger partial charge >= 0.3 is 5.69 Å². The Morgan fingerprint density at radius 3 is 2.39 bits per heavy atom. The monoisotopic (exact) mass is 387 g/mol. The van der Waals surface area contributed by atoms with E-state index in [2.05, 4.69) is 32.9 Å². The lowest BCUT2D eigenvalue weighted by atomic mass is 10.2. The number of halogens is 1. The Morgan fingerprint density at radius 2 is 1.83 bits per heavy atom. The summed E-state index contributed by atoms with van der Waals surface area (Å²) in [4.78, 5) is 28.6. The van der Waals surface area contributed by atoms with Crippen LogP contribution in [0.1, 0.15) is 20.3 Å². The third-order valence-electron chi connectivity index (χ3n) is 4.67. The number of likely N-dealkylation sites (N-methyl/N-ethyl adjacent to an activating group) is 1. The Labute approximate surface area is 146 Å². The fourth-order valence-electron chi connectivity index (χ4n) is 2.84. The maximum atomic E-state index is 12.4. The van der Waals surface area contributed by atoms with Crippen molar-refractivity contribution in [2.75, 3.05) is 20.6 Å². The molecule has 2 heterocycles. The molecule has 0 radical (unpaired) electrons. The molecule has 0 aliphatic heterocycles.